The summed E-state index contributed by atoms with van der Waals surface area (Å²) in [5, 5.41) is 0.599. The molecule has 3 aromatic carbocycles. The van der Waals surface area contributed by atoms with Crippen LogP contribution in [0.2, 0.25) is 0 Å². The zero-order valence-corrected chi connectivity index (χ0v) is 18.5. The van der Waals surface area contributed by atoms with E-state index in [0.717, 1.165) is 40.1 Å². The molecule has 1 aliphatic rings. The van der Waals surface area contributed by atoms with Gasteiger partial charge in [-0.1, -0.05) is 54.1 Å². The van der Waals surface area contributed by atoms with E-state index in [1.54, 1.807) is 18.2 Å². The molecule has 1 aromatic heterocycles. The lowest BCUT2D eigenvalue weighted by atomic mass is 10.1. The third kappa shape index (κ3) is 3.78. The molecule has 0 atom stereocenters. The molecule has 5 nitrogen and oxygen atoms in total. The first-order chi connectivity index (χ1) is 15.4. The predicted molar refractivity (Wildman–Crippen MR) is 127 cm³/mol. The van der Waals surface area contributed by atoms with Crippen molar-refractivity contribution in [2.75, 3.05) is 0 Å². The van der Waals surface area contributed by atoms with E-state index >= 15 is 0 Å². The third-order valence-corrected chi connectivity index (χ3v) is 7.51. The number of hydrogen-bond acceptors (Lipinski definition) is 4. The lowest BCUT2D eigenvalue weighted by Gasteiger charge is -2.10. The molecule has 32 heavy (non-hydrogen) atoms. The van der Waals surface area contributed by atoms with E-state index in [4.69, 9.17) is 0 Å². The number of benzene rings is 3. The van der Waals surface area contributed by atoms with Gasteiger partial charge in [0.2, 0.25) is 0 Å². The van der Waals surface area contributed by atoms with Crippen molar-refractivity contribution < 1.29 is 8.42 Å². The van der Waals surface area contributed by atoms with Gasteiger partial charge < -0.3 is 4.57 Å². The van der Waals surface area contributed by atoms with Gasteiger partial charge in [0.1, 0.15) is 5.82 Å². The van der Waals surface area contributed by atoms with Crippen molar-refractivity contribution in [3.63, 3.8) is 0 Å². The molecule has 2 heterocycles. The maximum absolute atomic E-state index is 12.8. The summed E-state index contributed by atoms with van der Waals surface area (Å²) in [6.45, 7) is 1.98. The van der Waals surface area contributed by atoms with Crippen LogP contribution in [0.25, 0.3) is 22.7 Å². The Morgan fingerprint density at radius 1 is 0.938 bits per heavy atom. The van der Waals surface area contributed by atoms with Gasteiger partial charge in [0, 0.05) is 12.1 Å². The molecule has 0 saturated carbocycles. The smallest absolute Gasteiger partial charge is 0.280 e. The first-order valence-corrected chi connectivity index (χ1v) is 12.2. The van der Waals surface area contributed by atoms with Crippen molar-refractivity contribution in [3.05, 3.63) is 106 Å². The largest absolute Gasteiger partial charge is 0.301 e. The molecule has 4 aromatic rings. The Morgan fingerprint density at radius 3 is 2.41 bits per heavy atom. The van der Waals surface area contributed by atoms with Crippen LogP contribution < -0.4 is 5.56 Å². The number of aryl methyl sites for hydroxylation is 2. The van der Waals surface area contributed by atoms with Crippen LogP contribution in [-0.4, -0.2) is 18.0 Å². The van der Waals surface area contributed by atoms with Crippen LogP contribution in [0, 0.1) is 6.92 Å². The number of para-hydroxylation sites is 1. The maximum Gasteiger partial charge on any atom is 0.280 e. The summed E-state index contributed by atoms with van der Waals surface area (Å²) < 4.78 is 27.7. The van der Waals surface area contributed by atoms with E-state index in [0.29, 0.717) is 16.7 Å². The van der Waals surface area contributed by atoms with Gasteiger partial charge in [-0.25, -0.2) is 8.42 Å². The molecule has 0 N–H and O–H groups in total. The van der Waals surface area contributed by atoms with Crippen LogP contribution in [0.15, 0.2) is 82.5 Å². The Labute approximate surface area is 186 Å². The molecule has 1 aliphatic heterocycles. The van der Waals surface area contributed by atoms with Gasteiger partial charge in [0.25, 0.3) is 5.56 Å². The molecule has 160 valence electrons. The van der Waals surface area contributed by atoms with Crippen molar-refractivity contribution in [2.24, 2.45) is 0 Å². The fourth-order valence-corrected chi connectivity index (χ4v) is 5.49. The monoisotopic (exact) mass is 442 g/mol. The van der Waals surface area contributed by atoms with Crippen molar-refractivity contribution in [1.82, 2.24) is 9.55 Å². The van der Waals surface area contributed by atoms with Crippen LogP contribution in [0.1, 0.15) is 28.9 Å². The maximum atomic E-state index is 12.8. The summed E-state index contributed by atoms with van der Waals surface area (Å²) in [6.07, 6.45) is 3.51. The Balaban J connectivity index is 1.46. The van der Waals surface area contributed by atoms with Gasteiger partial charge in [-0.05, 0) is 54.8 Å². The Kier molecular flexibility index (Phi) is 5.02. The van der Waals surface area contributed by atoms with Crippen molar-refractivity contribution in [1.29, 1.82) is 0 Å². The quantitative estimate of drug-likeness (QED) is 0.462. The van der Waals surface area contributed by atoms with E-state index in [2.05, 4.69) is 4.98 Å². The molecule has 0 fully saturated rings. The lowest BCUT2D eigenvalue weighted by Crippen LogP contribution is -2.14. The second-order valence-corrected chi connectivity index (χ2v) is 10.1. The van der Waals surface area contributed by atoms with Crippen molar-refractivity contribution in [2.45, 2.75) is 30.4 Å². The highest BCUT2D eigenvalue weighted by Crippen LogP contribution is 2.29. The zero-order valence-electron chi connectivity index (χ0n) is 17.7. The minimum Gasteiger partial charge on any atom is -0.301 e. The normalized spacial score (nSPS) is 14.7. The average Bonchev–Trinajstić information content (AvgIpc) is 3.18. The molecule has 0 radical (unpaired) electrons. The number of aromatic nitrogens is 2. The molecule has 0 aliphatic carbocycles. The number of fused-ring (bicyclic) bond motifs is 3. The van der Waals surface area contributed by atoms with Crippen LogP contribution in [0.5, 0.6) is 0 Å². The minimum absolute atomic E-state index is 0.0217. The number of allylic oxidation sites excluding steroid dienone is 1. The Morgan fingerprint density at radius 2 is 1.66 bits per heavy atom. The second kappa shape index (κ2) is 7.88. The highest BCUT2D eigenvalue weighted by Gasteiger charge is 2.20. The third-order valence-electron chi connectivity index (χ3n) is 5.81. The Bertz CT molecular complexity index is 1510. The molecule has 0 bridgehead atoms. The predicted octanol–water partition coefficient (Wildman–Crippen LogP) is 4.62. The van der Waals surface area contributed by atoms with Gasteiger partial charge >= 0.3 is 0 Å². The van der Waals surface area contributed by atoms with E-state index in [1.807, 2.05) is 72.2 Å². The van der Waals surface area contributed by atoms with Crippen molar-refractivity contribution >= 4 is 32.5 Å². The summed E-state index contributed by atoms with van der Waals surface area (Å²) in [4.78, 5) is 16.8. The fourth-order valence-electron chi connectivity index (χ4n) is 4.14. The van der Waals surface area contributed by atoms with E-state index in [1.165, 1.54) is 0 Å². The van der Waals surface area contributed by atoms with E-state index < -0.39 is 9.84 Å². The van der Waals surface area contributed by atoms with Crippen LogP contribution in [0.3, 0.4) is 0 Å². The molecular weight excluding hydrogens is 420 g/mol. The van der Waals surface area contributed by atoms with Crippen LogP contribution in [0.4, 0.5) is 0 Å². The van der Waals surface area contributed by atoms with Gasteiger partial charge in [0.05, 0.1) is 21.6 Å². The van der Waals surface area contributed by atoms with Gasteiger partial charge in [-0.3, -0.25) is 4.79 Å². The Hall–Kier alpha value is -3.51. The molecular formula is C26H22N2O3S. The van der Waals surface area contributed by atoms with E-state index in [9.17, 15) is 13.2 Å². The van der Waals surface area contributed by atoms with Gasteiger partial charge in [0.15, 0.2) is 9.84 Å². The summed E-state index contributed by atoms with van der Waals surface area (Å²) >= 11 is 0. The highest BCUT2D eigenvalue weighted by molar-refractivity contribution is 7.90. The van der Waals surface area contributed by atoms with Crippen LogP contribution in [-0.2, 0) is 22.0 Å². The van der Waals surface area contributed by atoms with Gasteiger partial charge in [-0.2, -0.15) is 4.98 Å². The van der Waals surface area contributed by atoms with Crippen molar-refractivity contribution in [3.8, 4) is 0 Å². The zero-order chi connectivity index (χ0) is 22.3. The van der Waals surface area contributed by atoms with Gasteiger partial charge in [-0.15, -0.1) is 0 Å². The molecule has 5 rings (SSSR count). The van der Waals surface area contributed by atoms with E-state index in [-0.39, 0.29) is 11.3 Å². The number of nitrogens with zero attached hydrogens (tertiary/aromatic N) is 2. The summed E-state index contributed by atoms with van der Waals surface area (Å²) in [7, 11) is -3.42. The standard InChI is InChI=1S/C26H22N2O3S/c1-18-6-8-20(9-7-18)17-32(30,31)22-13-10-19(11-14-22)16-21-12-15-25-27-26(29)23-4-2-3-5-24(23)28(21)25/h2-11,13-14,16H,12,15,17H2,1H3/b21-16-. The topological polar surface area (TPSA) is 69.0 Å². The molecule has 6 heteroatoms. The summed E-state index contributed by atoms with van der Waals surface area (Å²) in [5.74, 6) is 0.740. The molecule has 0 saturated heterocycles. The lowest BCUT2D eigenvalue weighted by molar-refractivity contribution is 0.595. The number of sulfone groups is 1. The molecule has 0 unspecified atom stereocenters. The summed E-state index contributed by atoms with van der Waals surface area (Å²) in [6, 6.07) is 22.0. The minimum atomic E-state index is -3.42. The SMILES string of the molecule is Cc1ccc(CS(=O)(=O)c2ccc(/C=C3/CCc4nc(=O)c5ccccc5n43)cc2)cc1. The second-order valence-electron chi connectivity index (χ2n) is 8.14. The average molecular weight is 443 g/mol. The summed E-state index contributed by atoms with van der Waals surface area (Å²) in [5.41, 5.74) is 4.48. The van der Waals surface area contributed by atoms with Crippen LogP contribution >= 0.6 is 0 Å². The highest BCUT2D eigenvalue weighted by atomic mass is 32.2. The molecule has 0 amide bonds. The first kappa shape index (κ1) is 20.4. The number of rotatable bonds is 4. The fraction of sp³-hybridized carbons (Fsp3) is 0.154. The first-order valence-electron chi connectivity index (χ1n) is 10.5. The molecule has 0 spiro atoms. The number of hydrogen-bond donors (Lipinski definition) is 0.